The number of rotatable bonds is 4. The Labute approximate surface area is 107 Å². The summed E-state index contributed by atoms with van der Waals surface area (Å²) in [5, 5.41) is 0. The zero-order valence-corrected chi connectivity index (χ0v) is 10.6. The van der Waals surface area contributed by atoms with Gasteiger partial charge in [-0.05, 0) is 35.7 Å². The van der Waals surface area contributed by atoms with Crippen LogP contribution in [0.1, 0.15) is 22.7 Å². The summed E-state index contributed by atoms with van der Waals surface area (Å²) in [6.07, 6.45) is 3.65. The van der Waals surface area contributed by atoms with Gasteiger partial charge in [0.1, 0.15) is 5.75 Å². The number of nitrogens with one attached hydrogen (secondary N) is 1. The molecule has 2 aromatic rings. The van der Waals surface area contributed by atoms with Crippen LogP contribution in [0.15, 0.2) is 42.7 Å². The van der Waals surface area contributed by atoms with Crippen LogP contribution in [0.3, 0.4) is 0 Å². The maximum absolute atomic E-state index is 5.65. The summed E-state index contributed by atoms with van der Waals surface area (Å²) >= 11 is 0. The highest BCUT2D eigenvalue weighted by Gasteiger charge is 2.12. The first-order chi connectivity index (χ1) is 8.74. The van der Waals surface area contributed by atoms with Crippen LogP contribution in [0, 0.1) is 6.92 Å². The Kier molecular flexibility index (Phi) is 3.92. The lowest BCUT2D eigenvalue weighted by atomic mass is 10.00. The molecule has 1 unspecified atom stereocenters. The number of hydrogen-bond acceptors (Lipinski definition) is 4. The molecular weight excluding hydrogens is 226 g/mol. The highest BCUT2D eigenvalue weighted by Crippen LogP contribution is 2.23. The van der Waals surface area contributed by atoms with E-state index in [4.69, 9.17) is 10.6 Å². The van der Waals surface area contributed by atoms with Crippen molar-refractivity contribution in [3.63, 3.8) is 0 Å². The Bertz CT molecular complexity index is 511. The quantitative estimate of drug-likeness (QED) is 0.636. The third kappa shape index (κ3) is 2.67. The third-order valence-electron chi connectivity index (χ3n) is 2.85. The van der Waals surface area contributed by atoms with E-state index in [9.17, 15) is 0 Å². The van der Waals surface area contributed by atoms with E-state index in [0.717, 1.165) is 22.4 Å². The van der Waals surface area contributed by atoms with Crippen LogP contribution in [0.25, 0.3) is 0 Å². The van der Waals surface area contributed by atoms with Gasteiger partial charge in [0, 0.05) is 12.4 Å². The smallest absolute Gasteiger partial charge is 0.118 e. The average Bonchev–Trinajstić information content (AvgIpc) is 2.40. The van der Waals surface area contributed by atoms with Crippen molar-refractivity contribution in [2.45, 2.75) is 13.0 Å². The van der Waals surface area contributed by atoms with E-state index in [1.54, 1.807) is 7.11 Å². The SMILES string of the molecule is COc1ccc(C(NN)c2cncc(C)c2)cc1. The van der Waals surface area contributed by atoms with E-state index in [1.807, 2.05) is 43.6 Å². The second kappa shape index (κ2) is 5.62. The lowest BCUT2D eigenvalue weighted by molar-refractivity contribution is 0.414. The van der Waals surface area contributed by atoms with Gasteiger partial charge in [0.2, 0.25) is 0 Å². The summed E-state index contributed by atoms with van der Waals surface area (Å²) in [7, 11) is 1.65. The van der Waals surface area contributed by atoms with Gasteiger partial charge in [-0.3, -0.25) is 10.8 Å². The Morgan fingerprint density at radius 1 is 1.17 bits per heavy atom. The summed E-state index contributed by atoms with van der Waals surface area (Å²) in [6, 6.07) is 9.83. The maximum atomic E-state index is 5.65. The number of nitrogens with two attached hydrogens (primary N) is 1. The van der Waals surface area contributed by atoms with Crippen LogP contribution in [0.4, 0.5) is 0 Å². The number of pyridine rings is 1. The first-order valence-electron chi connectivity index (χ1n) is 5.76. The average molecular weight is 243 g/mol. The summed E-state index contributed by atoms with van der Waals surface area (Å²) < 4.78 is 5.14. The molecule has 0 radical (unpaired) electrons. The molecule has 0 aliphatic heterocycles. The number of nitrogens with zero attached hydrogens (tertiary/aromatic N) is 1. The molecule has 1 aromatic heterocycles. The van der Waals surface area contributed by atoms with Crippen molar-refractivity contribution in [3.8, 4) is 5.75 Å². The minimum Gasteiger partial charge on any atom is -0.497 e. The fourth-order valence-electron chi connectivity index (χ4n) is 1.92. The fourth-order valence-corrected chi connectivity index (χ4v) is 1.92. The molecule has 0 aliphatic carbocycles. The largest absolute Gasteiger partial charge is 0.497 e. The van der Waals surface area contributed by atoms with E-state index < -0.39 is 0 Å². The van der Waals surface area contributed by atoms with Gasteiger partial charge in [-0.15, -0.1) is 0 Å². The van der Waals surface area contributed by atoms with Crippen molar-refractivity contribution in [1.82, 2.24) is 10.4 Å². The minimum absolute atomic E-state index is 0.0664. The number of aromatic nitrogens is 1. The van der Waals surface area contributed by atoms with Crippen LogP contribution in [0.5, 0.6) is 5.75 Å². The number of ether oxygens (including phenoxy) is 1. The van der Waals surface area contributed by atoms with Crippen molar-refractivity contribution < 1.29 is 4.74 Å². The van der Waals surface area contributed by atoms with Crippen LogP contribution >= 0.6 is 0 Å². The molecule has 18 heavy (non-hydrogen) atoms. The van der Waals surface area contributed by atoms with E-state index in [1.165, 1.54) is 0 Å². The van der Waals surface area contributed by atoms with Crippen LogP contribution in [-0.2, 0) is 0 Å². The summed E-state index contributed by atoms with van der Waals surface area (Å²) in [6.45, 7) is 2.01. The maximum Gasteiger partial charge on any atom is 0.118 e. The predicted molar refractivity (Wildman–Crippen MR) is 71.1 cm³/mol. The molecule has 0 saturated carbocycles. The molecule has 94 valence electrons. The molecule has 0 spiro atoms. The van der Waals surface area contributed by atoms with Crippen molar-refractivity contribution in [2.75, 3.05) is 7.11 Å². The van der Waals surface area contributed by atoms with E-state index >= 15 is 0 Å². The Hall–Kier alpha value is -1.91. The number of aryl methyl sites for hydroxylation is 1. The normalized spacial score (nSPS) is 12.2. The highest BCUT2D eigenvalue weighted by atomic mass is 16.5. The van der Waals surface area contributed by atoms with Crippen LogP contribution in [-0.4, -0.2) is 12.1 Å². The van der Waals surface area contributed by atoms with Crippen molar-refractivity contribution in [1.29, 1.82) is 0 Å². The fraction of sp³-hybridized carbons (Fsp3) is 0.214. The van der Waals surface area contributed by atoms with E-state index in [2.05, 4.69) is 16.5 Å². The molecule has 1 aromatic carbocycles. The lowest BCUT2D eigenvalue weighted by Crippen LogP contribution is -2.28. The highest BCUT2D eigenvalue weighted by molar-refractivity contribution is 5.35. The van der Waals surface area contributed by atoms with Gasteiger partial charge in [0.05, 0.1) is 13.2 Å². The predicted octanol–water partition coefficient (Wildman–Crippen LogP) is 1.95. The van der Waals surface area contributed by atoms with Gasteiger partial charge in [-0.25, -0.2) is 5.43 Å². The van der Waals surface area contributed by atoms with Gasteiger partial charge in [-0.2, -0.15) is 0 Å². The van der Waals surface area contributed by atoms with E-state index in [-0.39, 0.29) is 6.04 Å². The molecule has 0 amide bonds. The Morgan fingerprint density at radius 2 is 1.89 bits per heavy atom. The Balaban J connectivity index is 2.32. The van der Waals surface area contributed by atoms with Crippen LogP contribution in [0.2, 0.25) is 0 Å². The molecule has 4 heteroatoms. The number of hydrogen-bond donors (Lipinski definition) is 2. The summed E-state index contributed by atoms with van der Waals surface area (Å²) in [5.41, 5.74) is 6.05. The zero-order chi connectivity index (χ0) is 13.0. The van der Waals surface area contributed by atoms with Gasteiger partial charge >= 0.3 is 0 Å². The molecule has 2 rings (SSSR count). The van der Waals surface area contributed by atoms with E-state index in [0.29, 0.717) is 0 Å². The molecule has 0 fully saturated rings. The van der Waals surface area contributed by atoms with Crippen LogP contribution < -0.4 is 16.0 Å². The first-order valence-corrected chi connectivity index (χ1v) is 5.76. The standard InChI is InChI=1S/C14H17N3O/c1-10-7-12(9-16-8-10)14(17-15)11-3-5-13(18-2)6-4-11/h3-9,14,17H,15H2,1-2H3. The second-order valence-corrected chi connectivity index (χ2v) is 4.17. The van der Waals surface area contributed by atoms with Gasteiger partial charge < -0.3 is 4.74 Å². The minimum atomic E-state index is -0.0664. The number of hydrazine groups is 1. The topological polar surface area (TPSA) is 60.2 Å². The monoisotopic (exact) mass is 243 g/mol. The molecular formula is C14H17N3O. The van der Waals surface area contributed by atoms with Crippen molar-refractivity contribution in [2.24, 2.45) is 5.84 Å². The van der Waals surface area contributed by atoms with Gasteiger partial charge in [0.15, 0.2) is 0 Å². The molecule has 0 bridgehead atoms. The number of methoxy groups -OCH3 is 1. The summed E-state index contributed by atoms with van der Waals surface area (Å²) in [5.74, 6) is 6.48. The second-order valence-electron chi connectivity index (χ2n) is 4.17. The zero-order valence-electron chi connectivity index (χ0n) is 10.6. The van der Waals surface area contributed by atoms with Crippen molar-refractivity contribution in [3.05, 3.63) is 59.4 Å². The molecule has 3 N–H and O–H groups in total. The molecule has 4 nitrogen and oxygen atoms in total. The lowest BCUT2D eigenvalue weighted by Gasteiger charge is -2.17. The Morgan fingerprint density at radius 3 is 2.44 bits per heavy atom. The molecule has 0 saturated heterocycles. The molecule has 1 heterocycles. The van der Waals surface area contributed by atoms with Gasteiger partial charge in [-0.1, -0.05) is 18.2 Å². The number of benzene rings is 1. The van der Waals surface area contributed by atoms with Crippen molar-refractivity contribution >= 4 is 0 Å². The summed E-state index contributed by atoms with van der Waals surface area (Å²) in [4.78, 5) is 4.19. The molecule has 1 atom stereocenters. The first kappa shape index (κ1) is 12.5. The van der Waals surface area contributed by atoms with Gasteiger partial charge in [0.25, 0.3) is 0 Å². The third-order valence-corrected chi connectivity index (χ3v) is 2.85. The molecule has 0 aliphatic rings.